The number of aliphatic hydroxyl groups is 2. The molecule has 0 aromatic carbocycles. The van der Waals surface area contributed by atoms with Gasteiger partial charge in [-0.2, -0.15) is 0 Å². The number of esters is 1. The highest BCUT2D eigenvalue weighted by atomic mass is 16.6. The average Bonchev–Trinajstić information content (AvgIpc) is 3.17. The van der Waals surface area contributed by atoms with Gasteiger partial charge in [0.15, 0.2) is 11.4 Å². The molecule has 4 aliphatic carbocycles. The second-order valence-electron chi connectivity index (χ2n) is 10.8. The van der Waals surface area contributed by atoms with Crippen LogP contribution in [0.15, 0.2) is 23.2 Å². The van der Waals surface area contributed by atoms with Gasteiger partial charge in [-0.15, -0.1) is 0 Å². The summed E-state index contributed by atoms with van der Waals surface area (Å²) in [7, 11) is 0. The number of hydrogen-bond donors (Lipinski definition) is 2. The summed E-state index contributed by atoms with van der Waals surface area (Å²) >= 11 is 0. The Kier molecular flexibility index (Phi) is 4.69. The van der Waals surface area contributed by atoms with E-state index in [0.717, 1.165) is 31.3 Å². The van der Waals surface area contributed by atoms with Crippen molar-refractivity contribution in [2.75, 3.05) is 6.61 Å². The number of hydrogen-bond acceptors (Lipinski definition) is 7. The minimum Gasteiger partial charge on any atom is -0.501 e. The fraction of sp³-hybridized carbons (Fsp3) is 0.720. The maximum Gasteiger partial charge on any atom is 0.377 e. The van der Waals surface area contributed by atoms with Crippen LogP contribution in [0.2, 0.25) is 0 Å². The number of rotatable bonds is 2. The molecule has 2 N–H and O–H groups in total. The van der Waals surface area contributed by atoms with Gasteiger partial charge in [-0.3, -0.25) is 9.59 Å². The molecular formula is C25H32O7. The lowest BCUT2D eigenvalue weighted by Crippen LogP contribution is -2.61. The Morgan fingerprint density at radius 2 is 1.97 bits per heavy atom. The van der Waals surface area contributed by atoms with Crippen LogP contribution in [0.1, 0.15) is 65.7 Å². The molecule has 0 aromatic heterocycles. The van der Waals surface area contributed by atoms with Gasteiger partial charge in [-0.05, 0) is 74.7 Å². The van der Waals surface area contributed by atoms with Crippen LogP contribution in [-0.4, -0.2) is 46.1 Å². The van der Waals surface area contributed by atoms with Crippen LogP contribution < -0.4 is 0 Å². The summed E-state index contributed by atoms with van der Waals surface area (Å²) in [6.07, 6.45) is 5.54. The van der Waals surface area contributed by atoms with E-state index < -0.39 is 40.4 Å². The number of ketones is 2. The van der Waals surface area contributed by atoms with Crippen molar-refractivity contribution < 1.29 is 34.1 Å². The van der Waals surface area contributed by atoms with E-state index >= 15 is 0 Å². The van der Waals surface area contributed by atoms with E-state index in [0.29, 0.717) is 19.3 Å². The van der Waals surface area contributed by atoms with Crippen LogP contribution in [0.3, 0.4) is 0 Å². The number of carbonyl (C=O) groups excluding carboxylic acids is 3. The van der Waals surface area contributed by atoms with Crippen LogP contribution >= 0.6 is 0 Å². The zero-order chi connectivity index (χ0) is 23.1. The minimum atomic E-state index is -1.35. The minimum absolute atomic E-state index is 0.0198. The molecule has 7 atom stereocenters. The van der Waals surface area contributed by atoms with E-state index in [-0.39, 0.29) is 35.6 Å². The van der Waals surface area contributed by atoms with Gasteiger partial charge in [0.25, 0.3) is 5.76 Å². The molecule has 3 fully saturated rings. The topological polar surface area (TPSA) is 110 Å². The second-order valence-corrected chi connectivity index (χ2v) is 10.8. The van der Waals surface area contributed by atoms with Crippen molar-refractivity contribution in [1.82, 2.24) is 0 Å². The molecule has 1 unspecified atom stereocenters. The predicted molar refractivity (Wildman–Crippen MR) is 113 cm³/mol. The van der Waals surface area contributed by atoms with Crippen molar-refractivity contribution >= 4 is 17.5 Å². The maximum atomic E-state index is 13.3. The van der Waals surface area contributed by atoms with Gasteiger partial charge in [-0.1, -0.05) is 19.4 Å². The van der Waals surface area contributed by atoms with Crippen molar-refractivity contribution in [3.8, 4) is 0 Å². The first-order valence-corrected chi connectivity index (χ1v) is 11.8. The molecular weight excluding hydrogens is 412 g/mol. The quantitative estimate of drug-likeness (QED) is 0.630. The molecule has 0 amide bonds. The Morgan fingerprint density at radius 3 is 2.69 bits per heavy atom. The zero-order valence-corrected chi connectivity index (χ0v) is 19.0. The van der Waals surface area contributed by atoms with Crippen LogP contribution in [-0.2, 0) is 23.9 Å². The largest absolute Gasteiger partial charge is 0.501 e. The fourth-order valence-corrected chi connectivity index (χ4v) is 8.11. The van der Waals surface area contributed by atoms with Crippen LogP contribution in [0.5, 0.6) is 0 Å². The molecule has 1 aliphatic heterocycles. The molecule has 1 heterocycles. The Bertz CT molecular complexity index is 963. The summed E-state index contributed by atoms with van der Waals surface area (Å²) in [6.45, 7) is 5.92. The van der Waals surface area contributed by atoms with Crippen molar-refractivity contribution in [3.63, 3.8) is 0 Å². The smallest absolute Gasteiger partial charge is 0.377 e. The number of ether oxygens (including phenoxy) is 2. The Balaban J connectivity index is 1.51. The highest BCUT2D eigenvalue weighted by Crippen LogP contribution is 2.69. The summed E-state index contributed by atoms with van der Waals surface area (Å²) in [6, 6.07) is 0. The Labute approximate surface area is 187 Å². The summed E-state index contributed by atoms with van der Waals surface area (Å²) in [5, 5.41) is 22.0. The van der Waals surface area contributed by atoms with Gasteiger partial charge >= 0.3 is 5.97 Å². The predicted octanol–water partition coefficient (Wildman–Crippen LogP) is 3.16. The average molecular weight is 445 g/mol. The first-order valence-electron chi connectivity index (χ1n) is 11.8. The molecule has 32 heavy (non-hydrogen) atoms. The van der Waals surface area contributed by atoms with Gasteiger partial charge in [-0.25, -0.2) is 4.79 Å². The normalized spacial score (nSPS) is 45.2. The summed E-state index contributed by atoms with van der Waals surface area (Å²) in [5.41, 5.74) is -1.13. The fourth-order valence-electron chi connectivity index (χ4n) is 8.11. The lowest BCUT2D eigenvalue weighted by atomic mass is 9.45. The van der Waals surface area contributed by atoms with E-state index in [2.05, 4.69) is 6.92 Å². The molecule has 3 saturated carbocycles. The summed E-state index contributed by atoms with van der Waals surface area (Å²) < 4.78 is 11.0. The zero-order valence-electron chi connectivity index (χ0n) is 19.0. The van der Waals surface area contributed by atoms with Gasteiger partial charge in [0.2, 0.25) is 11.5 Å². The molecule has 174 valence electrons. The van der Waals surface area contributed by atoms with Gasteiger partial charge < -0.3 is 19.7 Å². The molecule has 7 heteroatoms. The molecule has 1 spiro atoms. The number of Topliss-reactive ketones (excluding diaryl/α,β-unsaturated/α-hetero) is 1. The van der Waals surface area contributed by atoms with Gasteiger partial charge in [0, 0.05) is 11.8 Å². The number of carbonyl (C=O) groups is 3. The molecule has 0 saturated heterocycles. The first-order chi connectivity index (χ1) is 15.1. The molecule has 0 aromatic rings. The molecule has 5 aliphatic rings. The third-order valence-corrected chi connectivity index (χ3v) is 9.55. The molecule has 5 rings (SSSR count). The third-order valence-electron chi connectivity index (χ3n) is 9.55. The molecule has 0 radical (unpaired) electrons. The van der Waals surface area contributed by atoms with Crippen LogP contribution in [0.4, 0.5) is 0 Å². The van der Waals surface area contributed by atoms with Crippen molar-refractivity contribution in [3.05, 3.63) is 23.2 Å². The van der Waals surface area contributed by atoms with E-state index in [9.17, 15) is 24.6 Å². The van der Waals surface area contributed by atoms with Crippen LogP contribution in [0.25, 0.3) is 0 Å². The summed E-state index contributed by atoms with van der Waals surface area (Å²) in [4.78, 5) is 37.7. The molecule has 7 nitrogen and oxygen atoms in total. The van der Waals surface area contributed by atoms with Crippen molar-refractivity contribution in [2.45, 2.75) is 77.4 Å². The highest BCUT2D eigenvalue weighted by Gasteiger charge is 2.72. The van der Waals surface area contributed by atoms with E-state index in [4.69, 9.17) is 9.47 Å². The Hall–Kier alpha value is -2.15. The standard InChI is InChI=1S/C25H32O7/c1-4-31-22(30)20-19(28)21(29)25(32-20)10-8-16-15-6-5-13-11-14(26)7-9-23(13,2)18(15)17(27)12-24(16,25)3/h11,15-18,27-28H,4-10,12H2,1-3H3/t15-,16-,17?,18+,23-,24-,25-/m0/s1. The number of allylic oxidation sites excluding steroid dienone is 1. The highest BCUT2D eigenvalue weighted by molar-refractivity contribution is 6.09. The maximum absolute atomic E-state index is 13.3. The van der Waals surface area contributed by atoms with Crippen molar-refractivity contribution in [1.29, 1.82) is 0 Å². The number of fused-ring (bicyclic) bond motifs is 6. The molecule has 0 bridgehead atoms. The van der Waals surface area contributed by atoms with Gasteiger partial charge in [0.05, 0.1) is 12.7 Å². The monoisotopic (exact) mass is 444 g/mol. The van der Waals surface area contributed by atoms with Crippen molar-refractivity contribution in [2.24, 2.45) is 28.6 Å². The Morgan fingerprint density at radius 1 is 1.22 bits per heavy atom. The van der Waals surface area contributed by atoms with E-state index in [1.54, 1.807) is 13.0 Å². The van der Waals surface area contributed by atoms with E-state index in [1.807, 2.05) is 6.92 Å². The SMILES string of the molecule is CCOC(=O)C1=C(O)C(=O)[C@]2(CC[C@H]3[C@@H]4CCC5=CC(=O)CC[C@]5(C)[C@H]4C(O)C[C@@]32C)O1. The lowest BCUT2D eigenvalue weighted by Gasteiger charge is -2.60. The van der Waals surface area contributed by atoms with Crippen LogP contribution in [0, 0.1) is 28.6 Å². The summed E-state index contributed by atoms with van der Waals surface area (Å²) in [5.74, 6) is -1.97. The third kappa shape index (κ3) is 2.54. The van der Waals surface area contributed by atoms with Gasteiger partial charge in [0.1, 0.15) is 0 Å². The van der Waals surface area contributed by atoms with E-state index in [1.165, 1.54) is 0 Å². The lowest BCUT2D eigenvalue weighted by molar-refractivity contribution is -0.180. The second kappa shape index (κ2) is 6.92. The first kappa shape index (κ1) is 21.7. The number of aliphatic hydroxyl groups excluding tert-OH is 2.